The number of hydrogen-bond acceptors (Lipinski definition) is 3. The molecular formula is C21H22F2N2O3. The molecule has 7 heteroatoms. The molecular weight excluding hydrogens is 366 g/mol. The summed E-state index contributed by atoms with van der Waals surface area (Å²) in [6, 6.07) is 11.9. The van der Waals surface area contributed by atoms with Crippen molar-refractivity contribution in [3.63, 3.8) is 0 Å². The monoisotopic (exact) mass is 388 g/mol. The highest BCUT2D eigenvalue weighted by Gasteiger charge is 2.25. The van der Waals surface area contributed by atoms with E-state index >= 15 is 0 Å². The first-order chi connectivity index (χ1) is 13.5. The van der Waals surface area contributed by atoms with Crippen molar-refractivity contribution in [2.45, 2.75) is 12.8 Å². The molecule has 3 rings (SSSR count). The van der Waals surface area contributed by atoms with Crippen LogP contribution in [-0.4, -0.2) is 43.0 Å². The van der Waals surface area contributed by atoms with Gasteiger partial charge in [-0.1, -0.05) is 24.3 Å². The third-order valence-corrected chi connectivity index (χ3v) is 4.79. The van der Waals surface area contributed by atoms with Crippen LogP contribution in [0, 0.1) is 17.6 Å². The quantitative estimate of drug-likeness (QED) is 0.828. The van der Waals surface area contributed by atoms with Crippen LogP contribution in [0.15, 0.2) is 48.5 Å². The van der Waals surface area contributed by atoms with E-state index in [2.05, 4.69) is 5.32 Å². The van der Waals surface area contributed by atoms with Gasteiger partial charge in [0, 0.05) is 19.6 Å². The standard InChI is InChI=1S/C21H22F2N2O3/c22-17-6-2-1-5-16(17)21(27)25-11-9-15(10-12-25)13-24-20(26)14-28-19-8-4-3-7-18(19)23/h1-8,15H,9-14H2,(H,24,26). The lowest BCUT2D eigenvalue weighted by atomic mass is 9.96. The van der Waals surface area contributed by atoms with Gasteiger partial charge in [-0.05, 0) is 43.0 Å². The first-order valence-corrected chi connectivity index (χ1v) is 9.22. The third-order valence-electron chi connectivity index (χ3n) is 4.79. The summed E-state index contributed by atoms with van der Waals surface area (Å²) in [5, 5.41) is 2.78. The number of hydrogen-bond donors (Lipinski definition) is 1. The number of ether oxygens (including phenoxy) is 1. The Bertz CT molecular complexity index is 836. The van der Waals surface area contributed by atoms with Gasteiger partial charge in [-0.3, -0.25) is 9.59 Å². The van der Waals surface area contributed by atoms with E-state index in [9.17, 15) is 18.4 Å². The van der Waals surface area contributed by atoms with E-state index in [-0.39, 0.29) is 35.7 Å². The maximum atomic E-state index is 13.8. The second-order valence-corrected chi connectivity index (χ2v) is 6.74. The van der Waals surface area contributed by atoms with Crippen molar-refractivity contribution in [3.8, 4) is 5.75 Å². The summed E-state index contributed by atoms with van der Waals surface area (Å²) in [4.78, 5) is 25.9. The Balaban J connectivity index is 1.40. The van der Waals surface area contributed by atoms with Gasteiger partial charge in [0.15, 0.2) is 18.2 Å². The smallest absolute Gasteiger partial charge is 0.257 e. The maximum Gasteiger partial charge on any atom is 0.257 e. The lowest BCUT2D eigenvalue weighted by molar-refractivity contribution is -0.123. The van der Waals surface area contributed by atoms with Gasteiger partial charge in [0.25, 0.3) is 11.8 Å². The molecule has 2 aromatic carbocycles. The van der Waals surface area contributed by atoms with Gasteiger partial charge >= 0.3 is 0 Å². The average Bonchev–Trinajstić information content (AvgIpc) is 2.72. The van der Waals surface area contributed by atoms with Gasteiger partial charge in [-0.25, -0.2) is 8.78 Å². The molecule has 1 saturated heterocycles. The number of likely N-dealkylation sites (tertiary alicyclic amines) is 1. The molecule has 5 nitrogen and oxygen atoms in total. The molecule has 2 amide bonds. The number of rotatable bonds is 6. The second-order valence-electron chi connectivity index (χ2n) is 6.74. The minimum Gasteiger partial charge on any atom is -0.481 e. The van der Waals surface area contributed by atoms with E-state index < -0.39 is 11.6 Å². The fraction of sp³-hybridized carbons (Fsp3) is 0.333. The van der Waals surface area contributed by atoms with Crippen LogP contribution >= 0.6 is 0 Å². The summed E-state index contributed by atoms with van der Waals surface area (Å²) in [5.74, 6) is -1.40. The lowest BCUT2D eigenvalue weighted by Crippen LogP contribution is -2.42. The van der Waals surface area contributed by atoms with Crippen LogP contribution in [0.3, 0.4) is 0 Å². The van der Waals surface area contributed by atoms with E-state index in [0.29, 0.717) is 32.5 Å². The summed E-state index contributed by atoms with van der Waals surface area (Å²) in [6.45, 7) is 1.23. The molecule has 0 radical (unpaired) electrons. The molecule has 1 heterocycles. The minimum absolute atomic E-state index is 0.0395. The van der Waals surface area contributed by atoms with Crippen LogP contribution in [0.4, 0.5) is 8.78 Å². The molecule has 0 aromatic heterocycles. The Labute approximate surface area is 162 Å². The zero-order valence-electron chi connectivity index (χ0n) is 15.4. The number of carbonyl (C=O) groups is 2. The van der Waals surface area contributed by atoms with Gasteiger partial charge in [0.1, 0.15) is 5.82 Å². The molecule has 2 aromatic rings. The van der Waals surface area contributed by atoms with Crippen molar-refractivity contribution in [1.29, 1.82) is 0 Å². The van der Waals surface area contributed by atoms with Crippen LogP contribution in [0.2, 0.25) is 0 Å². The van der Waals surface area contributed by atoms with Crippen LogP contribution in [0.5, 0.6) is 5.75 Å². The number of nitrogens with zero attached hydrogens (tertiary/aromatic N) is 1. The zero-order chi connectivity index (χ0) is 19.9. The molecule has 0 bridgehead atoms. The summed E-state index contributed by atoms with van der Waals surface area (Å²) in [5.41, 5.74) is 0.0829. The summed E-state index contributed by atoms with van der Waals surface area (Å²) in [7, 11) is 0. The molecule has 0 spiro atoms. The Morgan fingerprint density at radius 1 is 1.00 bits per heavy atom. The van der Waals surface area contributed by atoms with Crippen molar-refractivity contribution in [3.05, 3.63) is 65.7 Å². The number of halogens is 2. The minimum atomic E-state index is -0.517. The molecule has 1 fully saturated rings. The number of benzene rings is 2. The van der Waals surface area contributed by atoms with E-state index in [0.717, 1.165) is 0 Å². The summed E-state index contributed by atoms with van der Waals surface area (Å²) >= 11 is 0. The first-order valence-electron chi connectivity index (χ1n) is 9.22. The molecule has 0 atom stereocenters. The molecule has 0 aliphatic carbocycles. The highest BCUT2D eigenvalue weighted by atomic mass is 19.1. The first kappa shape index (κ1) is 19.8. The molecule has 0 saturated carbocycles. The maximum absolute atomic E-state index is 13.8. The molecule has 28 heavy (non-hydrogen) atoms. The van der Waals surface area contributed by atoms with Crippen molar-refractivity contribution in [2.75, 3.05) is 26.2 Å². The highest BCUT2D eigenvalue weighted by molar-refractivity contribution is 5.94. The lowest BCUT2D eigenvalue weighted by Gasteiger charge is -2.32. The van der Waals surface area contributed by atoms with E-state index in [1.54, 1.807) is 29.2 Å². The normalized spacial score (nSPS) is 14.6. The number of amides is 2. The van der Waals surface area contributed by atoms with Crippen molar-refractivity contribution < 1.29 is 23.1 Å². The van der Waals surface area contributed by atoms with Crippen molar-refractivity contribution in [2.24, 2.45) is 5.92 Å². The Kier molecular flexibility index (Phi) is 6.57. The Morgan fingerprint density at radius 2 is 1.64 bits per heavy atom. The van der Waals surface area contributed by atoms with Gasteiger partial charge in [-0.15, -0.1) is 0 Å². The number of para-hydroxylation sites is 1. The fourth-order valence-corrected chi connectivity index (χ4v) is 3.16. The van der Waals surface area contributed by atoms with Crippen LogP contribution in [0.1, 0.15) is 23.2 Å². The number of carbonyl (C=O) groups excluding carboxylic acids is 2. The SMILES string of the molecule is O=C(COc1ccccc1F)NCC1CCN(C(=O)c2ccccc2F)CC1. The largest absolute Gasteiger partial charge is 0.481 e. The van der Waals surface area contributed by atoms with Crippen molar-refractivity contribution >= 4 is 11.8 Å². The number of nitrogens with one attached hydrogen (secondary N) is 1. The van der Waals surface area contributed by atoms with Crippen LogP contribution < -0.4 is 10.1 Å². The molecule has 1 aliphatic rings. The van der Waals surface area contributed by atoms with E-state index in [4.69, 9.17) is 4.74 Å². The summed E-state index contributed by atoms with van der Waals surface area (Å²) in [6.07, 6.45) is 1.43. The predicted molar refractivity (Wildman–Crippen MR) is 99.9 cm³/mol. The summed E-state index contributed by atoms with van der Waals surface area (Å²) < 4.78 is 32.4. The van der Waals surface area contributed by atoms with E-state index in [1.807, 2.05) is 0 Å². The van der Waals surface area contributed by atoms with Gasteiger partial charge in [0.05, 0.1) is 5.56 Å². The molecule has 1 N–H and O–H groups in total. The third kappa shape index (κ3) is 5.06. The molecule has 0 unspecified atom stereocenters. The highest BCUT2D eigenvalue weighted by Crippen LogP contribution is 2.20. The predicted octanol–water partition coefficient (Wildman–Crippen LogP) is 3.01. The zero-order valence-corrected chi connectivity index (χ0v) is 15.4. The van der Waals surface area contributed by atoms with Gasteiger partial charge in [-0.2, -0.15) is 0 Å². The Morgan fingerprint density at radius 3 is 2.32 bits per heavy atom. The number of piperidine rings is 1. The van der Waals surface area contributed by atoms with Crippen LogP contribution in [-0.2, 0) is 4.79 Å². The second kappa shape index (κ2) is 9.30. The fourth-order valence-electron chi connectivity index (χ4n) is 3.16. The molecule has 148 valence electrons. The van der Waals surface area contributed by atoms with Gasteiger partial charge < -0.3 is 15.0 Å². The topological polar surface area (TPSA) is 58.6 Å². The Hall–Kier alpha value is -2.96. The van der Waals surface area contributed by atoms with E-state index in [1.165, 1.54) is 24.3 Å². The van der Waals surface area contributed by atoms with Crippen LogP contribution in [0.25, 0.3) is 0 Å². The van der Waals surface area contributed by atoms with Crippen molar-refractivity contribution in [1.82, 2.24) is 10.2 Å². The van der Waals surface area contributed by atoms with Gasteiger partial charge in [0.2, 0.25) is 0 Å². The average molecular weight is 388 g/mol. The molecule has 1 aliphatic heterocycles.